The molecule has 0 fully saturated rings. The molecule has 100 valence electrons. The Morgan fingerprint density at radius 1 is 1.26 bits per heavy atom. The Kier molecular flexibility index (Phi) is 5.07. The third-order valence-electron chi connectivity index (χ3n) is 3.11. The lowest BCUT2D eigenvalue weighted by molar-refractivity contribution is 0.237. The summed E-state index contributed by atoms with van der Waals surface area (Å²) in [5.74, 6) is 0. The predicted octanol–water partition coefficient (Wildman–Crippen LogP) is 2.98. The second-order valence-electron chi connectivity index (χ2n) is 4.55. The van der Waals surface area contributed by atoms with Crippen LogP contribution in [0.1, 0.15) is 17.3 Å². The normalized spacial score (nSPS) is 12.6. The molecular formula is C15H18BrN3. The summed E-state index contributed by atoms with van der Waals surface area (Å²) in [6.07, 6.45) is 1.81. The van der Waals surface area contributed by atoms with Crippen molar-refractivity contribution < 1.29 is 0 Å². The Balaban J connectivity index is 2.11. The zero-order chi connectivity index (χ0) is 13.7. The second kappa shape index (κ2) is 6.80. The summed E-state index contributed by atoms with van der Waals surface area (Å²) in [4.78, 5) is 6.63. The number of hydrogen-bond donors (Lipinski definition) is 1. The summed E-state index contributed by atoms with van der Waals surface area (Å²) in [5.41, 5.74) is 8.17. The quantitative estimate of drug-likeness (QED) is 0.921. The smallest absolute Gasteiger partial charge is 0.0644 e. The molecule has 2 rings (SSSR count). The Morgan fingerprint density at radius 3 is 2.74 bits per heavy atom. The van der Waals surface area contributed by atoms with Crippen molar-refractivity contribution in [2.24, 2.45) is 5.73 Å². The van der Waals surface area contributed by atoms with E-state index in [4.69, 9.17) is 5.73 Å². The maximum Gasteiger partial charge on any atom is 0.0644 e. The number of nitrogens with zero attached hydrogens (tertiary/aromatic N) is 2. The van der Waals surface area contributed by atoms with Gasteiger partial charge >= 0.3 is 0 Å². The van der Waals surface area contributed by atoms with Gasteiger partial charge in [-0.3, -0.25) is 9.88 Å². The van der Waals surface area contributed by atoms with Gasteiger partial charge in [0.1, 0.15) is 0 Å². The lowest BCUT2D eigenvalue weighted by Crippen LogP contribution is -2.30. The first-order valence-electron chi connectivity index (χ1n) is 6.26. The minimum atomic E-state index is 0.139. The molecule has 1 heterocycles. The highest BCUT2D eigenvalue weighted by Gasteiger charge is 2.16. The fraction of sp³-hybridized carbons (Fsp3) is 0.267. The zero-order valence-corrected chi connectivity index (χ0v) is 12.5. The first kappa shape index (κ1) is 14.2. The van der Waals surface area contributed by atoms with Crippen LogP contribution >= 0.6 is 15.9 Å². The molecule has 0 radical (unpaired) electrons. The van der Waals surface area contributed by atoms with E-state index < -0.39 is 0 Å². The van der Waals surface area contributed by atoms with Crippen LogP contribution in [-0.4, -0.2) is 23.5 Å². The van der Waals surface area contributed by atoms with Crippen molar-refractivity contribution in [3.05, 3.63) is 64.4 Å². The van der Waals surface area contributed by atoms with Crippen LogP contribution in [0.4, 0.5) is 0 Å². The SMILES string of the molecule is CN(Cc1cccc(Br)c1)C(CN)c1ccccn1. The molecule has 1 aromatic carbocycles. The van der Waals surface area contributed by atoms with Crippen molar-refractivity contribution in [2.45, 2.75) is 12.6 Å². The summed E-state index contributed by atoms with van der Waals surface area (Å²) in [6.45, 7) is 1.40. The predicted molar refractivity (Wildman–Crippen MR) is 81.6 cm³/mol. The van der Waals surface area contributed by atoms with Gasteiger partial charge in [0.25, 0.3) is 0 Å². The first-order valence-corrected chi connectivity index (χ1v) is 7.05. The van der Waals surface area contributed by atoms with Gasteiger partial charge < -0.3 is 5.73 Å². The molecule has 2 aromatic rings. The number of benzene rings is 1. The van der Waals surface area contributed by atoms with Gasteiger partial charge in [-0.2, -0.15) is 0 Å². The lowest BCUT2D eigenvalue weighted by Gasteiger charge is -2.26. The summed E-state index contributed by atoms with van der Waals surface area (Å²) in [7, 11) is 2.08. The van der Waals surface area contributed by atoms with E-state index in [0.29, 0.717) is 6.54 Å². The highest BCUT2D eigenvalue weighted by molar-refractivity contribution is 9.10. The molecule has 3 nitrogen and oxygen atoms in total. The molecule has 0 bridgehead atoms. The Morgan fingerprint density at radius 2 is 2.11 bits per heavy atom. The van der Waals surface area contributed by atoms with Crippen LogP contribution in [0.15, 0.2) is 53.1 Å². The molecule has 0 aliphatic heterocycles. The Labute approximate surface area is 122 Å². The largest absolute Gasteiger partial charge is 0.329 e. The van der Waals surface area contributed by atoms with Gasteiger partial charge in [-0.05, 0) is 36.9 Å². The van der Waals surface area contributed by atoms with Crippen molar-refractivity contribution in [1.29, 1.82) is 0 Å². The number of rotatable bonds is 5. The standard InChI is InChI=1S/C15H18BrN3/c1-19(11-12-5-4-6-13(16)9-12)15(10-17)14-7-2-3-8-18-14/h2-9,15H,10-11,17H2,1H3. The Hall–Kier alpha value is -1.23. The number of likely N-dealkylation sites (N-methyl/N-ethyl adjacent to an activating group) is 1. The molecule has 1 unspecified atom stereocenters. The molecule has 0 saturated carbocycles. The number of nitrogens with two attached hydrogens (primary N) is 1. The molecule has 0 saturated heterocycles. The van der Waals surface area contributed by atoms with Crippen LogP contribution in [0, 0.1) is 0 Å². The lowest BCUT2D eigenvalue weighted by atomic mass is 10.1. The highest BCUT2D eigenvalue weighted by Crippen LogP contribution is 2.19. The van der Waals surface area contributed by atoms with Crippen LogP contribution in [0.2, 0.25) is 0 Å². The molecule has 0 aliphatic carbocycles. The summed E-state index contributed by atoms with van der Waals surface area (Å²) in [6, 6.07) is 14.4. The van der Waals surface area contributed by atoms with Gasteiger partial charge in [-0.15, -0.1) is 0 Å². The van der Waals surface area contributed by atoms with Crippen molar-refractivity contribution in [2.75, 3.05) is 13.6 Å². The number of pyridine rings is 1. The fourth-order valence-corrected chi connectivity index (χ4v) is 2.58. The topological polar surface area (TPSA) is 42.1 Å². The zero-order valence-electron chi connectivity index (χ0n) is 11.0. The van der Waals surface area contributed by atoms with E-state index >= 15 is 0 Å². The maximum atomic E-state index is 5.90. The average Bonchev–Trinajstić information content (AvgIpc) is 2.41. The molecule has 0 spiro atoms. The number of hydrogen-bond acceptors (Lipinski definition) is 3. The fourth-order valence-electron chi connectivity index (χ4n) is 2.13. The van der Waals surface area contributed by atoms with E-state index in [0.717, 1.165) is 16.7 Å². The molecule has 1 atom stereocenters. The summed E-state index contributed by atoms with van der Waals surface area (Å²) in [5, 5.41) is 0. The summed E-state index contributed by atoms with van der Waals surface area (Å²) < 4.78 is 1.10. The van der Waals surface area contributed by atoms with E-state index in [9.17, 15) is 0 Å². The van der Waals surface area contributed by atoms with Crippen LogP contribution < -0.4 is 5.73 Å². The third-order valence-corrected chi connectivity index (χ3v) is 3.60. The van der Waals surface area contributed by atoms with E-state index in [1.165, 1.54) is 5.56 Å². The highest BCUT2D eigenvalue weighted by atomic mass is 79.9. The molecule has 4 heteroatoms. The van der Waals surface area contributed by atoms with E-state index in [1.54, 1.807) is 0 Å². The van der Waals surface area contributed by atoms with Crippen molar-refractivity contribution in [3.8, 4) is 0 Å². The van der Waals surface area contributed by atoms with Crippen molar-refractivity contribution >= 4 is 15.9 Å². The van der Waals surface area contributed by atoms with Gasteiger partial charge in [0.05, 0.1) is 11.7 Å². The van der Waals surface area contributed by atoms with Crippen LogP contribution in [-0.2, 0) is 6.54 Å². The minimum Gasteiger partial charge on any atom is -0.329 e. The van der Waals surface area contributed by atoms with Gasteiger partial charge in [0.2, 0.25) is 0 Å². The maximum absolute atomic E-state index is 5.90. The molecular weight excluding hydrogens is 302 g/mol. The van der Waals surface area contributed by atoms with Gasteiger partial charge in [-0.1, -0.05) is 34.1 Å². The van der Waals surface area contributed by atoms with E-state index in [-0.39, 0.29) is 6.04 Å². The molecule has 19 heavy (non-hydrogen) atoms. The third kappa shape index (κ3) is 3.86. The average molecular weight is 320 g/mol. The second-order valence-corrected chi connectivity index (χ2v) is 5.47. The van der Waals surface area contributed by atoms with Crippen LogP contribution in [0.3, 0.4) is 0 Å². The number of halogens is 1. The van der Waals surface area contributed by atoms with E-state index in [2.05, 4.69) is 45.0 Å². The molecule has 0 aliphatic rings. The molecule has 1 aromatic heterocycles. The minimum absolute atomic E-state index is 0.139. The van der Waals surface area contributed by atoms with E-state index in [1.807, 2.05) is 36.5 Å². The van der Waals surface area contributed by atoms with Gasteiger partial charge in [0.15, 0.2) is 0 Å². The number of aromatic nitrogens is 1. The monoisotopic (exact) mass is 319 g/mol. The van der Waals surface area contributed by atoms with Crippen molar-refractivity contribution in [3.63, 3.8) is 0 Å². The molecule has 2 N–H and O–H groups in total. The van der Waals surface area contributed by atoms with Gasteiger partial charge in [-0.25, -0.2) is 0 Å². The van der Waals surface area contributed by atoms with Crippen molar-refractivity contribution in [1.82, 2.24) is 9.88 Å². The van der Waals surface area contributed by atoms with Gasteiger partial charge in [0, 0.05) is 23.8 Å². The Bertz CT molecular complexity index is 516. The molecule has 0 amide bonds. The van der Waals surface area contributed by atoms with Crippen LogP contribution in [0.5, 0.6) is 0 Å². The summed E-state index contributed by atoms with van der Waals surface area (Å²) >= 11 is 3.50. The van der Waals surface area contributed by atoms with Crippen LogP contribution in [0.25, 0.3) is 0 Å². The first-order chi connectivity index (χ1) is 9.20.